The smallest absolute Gasteiger partial charge is 0.267 e. The summed E-state index contributed by atoms with van der Waals surface area (Å²) < 4.78 is 32.6. The Labute approximate surface area is 341 Å². The van der Waals surface area contributed by atoms with Gasteiger partial charge in [-0.3, -0.25) is 9.35 Å². The number of unbranched alkanes of at least 4 members (excludes halogenated alkanes) is 32. The molecule has 0 aromatic heterocycles. The third-order valence-electron chi connectivity index (χ3n) is 11.0. The average Bonchev–Trinajstić information content (AvgIpc) is 3.15. The molecule has 0 heterocycles. The fourth-order valence-electron chi connectivity index (χ4n) is 7.36. The Morgan fingerprint density at radius 1 is 0.491 bits per heavy atom. The van der Waals surface area contributed by atoms with Crippen molar-refractivity contribution in [3.63, 3.8) is 0 Å². The first kappa shape index (κ1) is 53.8. The van der Waals surface area contributed by atoms with Crippen LogP contribution in [0, 0.1) is 0 Å². The van der Waals surface area contributed by atoms with Crippen LogP contribution < -0.4 is 5.32 Å². The van der Waals surface area contributed by atoms with E-state index in [2.05, 4.69) is 31.3 Å². The lowest BCUT2D eigenvalue weighted by Gasteiger charge is -2.22. The minimum absolute atomic E-state index is 0.279. The summed E-state index contributed by atoms with van der Waals surface area (Å²) >= 11 is 0. The van der Waals surface area contributed by atoms with Crippen molar-refractivity contribution in [2.45, 2.75) is 263 Å². The van der Waals surface area contributed by atoms with E-state index in [-0.39, 0.29) is 6.42 Å². The van der Waals surface area contributed by atoms with E-state index >= 15 is 0 Å². The number of hydrogen-bond acceptors (Lipinski definition) is 5. The first-order valence-electron chi connectivity index (χ1n) is 23.6. The number of amides is 1. The average molecular weight is 798 g/mol. The second-order valence-corrected chi connectivity index (χ2v) is 18.0. The minimum Gasteiger partial charge on any atom is -0.387 e. The summed E-state index contributed by atoms with van der Waals surface area (Å²) in [5, 5.41) is 23.5. The van der Waals surface area contributed by atoms with Gasteiger partial charge in [0.1, 0.15) is 6.10 Å². The molecule has 55 heavy (non-hydrogen) atoms. The molecule has 326 valence electrons. The summed E-state index contributed by atoms with van der Waals surface area (Å²) in [4.78, 5) is 12.6. The molecule has 3 atom stereocenters. The highest BCUT2D eigenvalue weighted by atomic mass is 32.2. The summed E-state index contributed by atoms with van der Waals surface area (Å²) in [6, 6.07) is -1.25. The van der Waals surface area contributed by atoms with Crippen molar-refractivity contribution in [3.05, 3.63) is 24.3 Å². The van der Waals surface area contributed by atoms with Crippen molar-refractivity contribution in [1.82, 2.24) is 5.32 Å². The zero-order valence-corrected chi connectivity index (χ0v) is 37.0. The summed E-state index contributed by atoms with van der Waals surface area (Å²) in [5.41, 5.74) is 0. The Kier molecular flexibility index (Phi) is 40.0. The first-order valence-corrected chi connectivity index (χ1v) is 25.3. The van der Waals surface area contributed by atoms with Gasteiger partial charge in [0.05, 0.1) is 17.9 Å². The lowest BCUT2D eigenvalue weighted by Crippen LogP contribution is -2.50. The van der Waals surface area contributed by atoms with Crippen molar-refractivity contribution in [3.8, 4) is 0 Å². The van der Waals surface area contributed by atoms with Gasteiger partial charge >= 0.3 is 0 Å². The molecule has 0 radical (unpaired) electrons. The third kappa shape index (κ3) is 40.8. The Morgan fingerprint density at radius 2 is 0.818 bits per heavy atom. The molecule has 0 aromatic rings. The highest BCUT2D eigenvalue weighted by Crippen LogP contribution is 2.16. The second kappa shape index (κ2) is 41.0. The van der Waals surface area contributed by atoms with Gasteiger partial charge in [0.15, 0.2) is 0 Å². The number of hydrogen-bond donors (Lipinski definition) is 4. The van der Waals surface area contributed by atoms with Gasteiger partial charge in [0.2, 0.25) is 5.91 Å². The number of aliphatic hydroxyl groups is 2. The molecule has 0 aliphatic heterocycles. The van der Waals surface area contributed by atoms with Gasteiger partial charge in [0, 0.05) is 0 Å². The Bertz CT molecular complexity index is 984. The van der Waals surface area contributed by atoms with E-state index in [1.807, 2.05) is 0 Å². The first-order chi connectivity index (χ1) is 26.7. The maximum atomic E-state index is 12.6. The Balaban J connectivity index is 3.94. The molecule has 3 unspecified atom stereocenters. The summed E-state index contributed by atoms with van der Waals surface area (Å²) in [6.07, 6.45) is 49.6. The molecular weight excluding hydrogens is 707 g/mol. The highest BCUT2D eigenvalue weighted by Gasteiger charge is 2.27. The van der Waals surface area contributed by atoms with Crippen LogP contribution in [0.25, 0.3) is 0 Å². The predicted molar refractivity (Wildman–Crippen MR) is 236 cm³/mol. The molecule has 7 nitrogen and oxygen atoms in total. The lowest BCUT2D eigenvalue weighted by atomic mass is 10.0. The molecule has 0 aromatic carbocycles. The fraction of sp³-hybridized carbons (Fsp3) is 0.894. The monoisotopic (exact) mass is 798 g/mol. The van der Waals surface area contributed by atoms with E-state index in [4.69, 9.17) is 0 Å². The standard InChI is InChI=1S/C47H91NO6S/c1-3-5-7-9-11-13-15-17-19-21-22-23-24-26-28-30-32-34-36-38-40-42-46(50)47(51)48-44(43-55(52,53)54)45(49)41-39-37-35-33-31-29-27-25-20-18-16-14-12-10-8-6-4-2/h31,33,39,41,44-46,49-50H,3-30,32,34-38,40,42-43H2,1-2H3,(H,48,51)(H,52,53,54)/b33-31+,41-39+. The van der Waals surface area contributed by atoms with Crippen molar-refractivity contribution in [1.29, 1.82) is 0 Å². The van der Waals surface area contributed by atoms with Gasteiger partial charge in [-0.25, -0.2) is 0 Å². The van der Waals surface area contributed by atoms with Crippen LogP contribution in [0.5, 0.6) is 0 Å². The Hall–Kier alpha value is -1.22. The van der Waals surface area contributed by atoms with Crippen molar-refractivity contribution >= 4 is 16.0 Å². The normalized spacial score (nSPS) is 13.9. The summed E-state index contributed by atoms with van der Waals surface area (Å²) in [6.45, 7) is 4.53. The van der Waals surface area contributed by atoms with Crippen LogP contribution >= 0.6 is 0 Å². The number of rotatable bonds is 43. The van der Waals surface area contributed by atoms with Crippen molar-refractivity contribution in [2.75, 3.05) is 5.75 Å². The third-order valence-corrected chi connectivity index (χ3v) is 11.8. The topological polar surface area (TPSA) is 124 Å². The maximum absolute atomic E-state index is 12.6. The number of aliphatic hydroxyl groups excluding tert-OH is 2. The highest BCUT2D eigenvalue weighted by molar-refractivity contribution is 7.85. The predicted octanol–water partition coefficient (Wildman–Crippen LogP) is 13.3. The molecule has 0 spiro atoms. The SMILES string of the molecule is CCCCCCCCCCCCC/C=C/CC/C=C/C(O)C(CS(=O)(=O)O)NC(=O)C(O)CCCCCCCCCCCCCCCCCCCCCCC. The van der Waals surface area contributed by atoms with E-state index in [9.17, 15) is 28.0 Å². The summed E-state index contributed by atoms with van der Waals surface area (Å²) in [7, 11) is -4.45. The molecule has 1 amide bonds. The quantitative estimate of drug-likeness (QED) is 0.0277. The number of allylic oxidation sites excluding steroid dienone is 3. The van der Waals surface area contributed by atoms with Gasteiger partial charge in [-0.15, -0.1) is 0 Å². The molecule has 0 fully saturated rings. The van der Waals surface area contributed by atoms with Gasteiger partial charge in [-0.2, -0.15) is 8.42 Å². The van der Waals surface area contributed by atoms with E-state index in [1.165, 1.54) is 186 Å². The van der Waals surface area contributed by atoms with Crippen LogP contribution in [0.3, 0.4) is 0 Å². The second-order valence-electron chi connectivity index (χ2n) is 16.5. The molecule has 0 aliphatic rings. The molecular formula is C47H91NO6S. The molecule has 0 bridgehead atoms. The number of carbonyl (C=O) groups is 1. The Morgan fingerprint density at radius 3 is 1.20 bits per heavy atom. The number of carbonyl (C=O) groups excluding carboxylic acids is 1. The van der Waals surface area contributed by atoms with Crippen LogP contribution in [0.15, 0.2) is 24.3 Å². The van der Waals surface area contributed by atoms with Crippen LogP contribution in [0.4, 0.5) is 0 Å². The van der Waals surface area contributed by atoms with Crippen LogP contribution in [-0.2, 0) is 14.9 Å². The molecule has 4 N–H and O–H groups in total. The van der Waals surface area contributed by atoms with Crippen LogP contribution in [0.1, 0.15) is 245 Å². The van der Waals surface area contributed by atoms with E-state index in [0.29, 0.717) is 12.8 Å². The van der Waals surface area contributed by atoms with E-state index in [0.717, 1.165) is 32.1 Å². The minimum atomic E-state index is -4.45. The van der Waals surface area contributed by atoms with E-state index in [1.54, 1.807) is 6.08 Å². The molecule has 8 heteroatoms. The van der Waals surface area contributed by atoms with Gasteiger partial charge < -0.3 is 15.5 Å². The van der Waals surface area contributed by atoms with E-state index < -0.39 is 40.0 Å². The van der Waals surface area contributed by atoms with Crippen LogP contribution in [-0.4, -0.2) is 53.1 Å². The fourth-order valence-corrected chi connectivity index (χ4v) is 8.09. The number of nitrogens with one attached hydrogen (secondary N) is 1. The molecule has 0 rings (SSSR count). The zero-order chi connectivity index (χ0) is 40.5. The molecule has 0 saturated carbocycles. The van der Waals surface area contributed by atoms with Crippen LogP contribution in [0.2, 0.25) is 0 Å². The largest absolute Gasteiger partial charge is 0.387 e. The maximum Gasteiger partial charge on any atom is 0.267 e. The van der Waals surface area contributed by atoms with Crippen molar-refractivity contribution in [2.24, 2.45) is 0 Å². The summed E-state index contributed by atoms with van der Waals surface area (Å²) in [5.74, 6) is -1.55. The van der Waals surface area contributed by atoms with Gasteiger partial charge in [0.25, 0.3) is 10.1 Å². The molecule has 0 aliphatic carbocycles. The molecule has 0 saturated heterocycles. The van der Waals surface area contributed by atoms with Crippen molar-refractivity contribution < 1.29 is 28.0 Å². The zero-order valence-electron chi connectivity index (χ0n) is 36.2. The lowest BCUT2D eigenvalue weighted by molar-refractivity contribution is -0.130. The van der Waals surface area contributed by atoms with Gasteiger partial charge in [-0.1, -0.05) is 237 Å². The van der Waals surface area contributed by atoms with Gasteiger partial charge in [-0.05, 0) is 32.1 Å².